The smallest absolute Gasteiger partial charge is 0.186 e. The summed E-state index contributed by atoms with van der Waals surface area (Å²) in [6, 6.07) is 4.19. The molecule has 3 aromatic rings. The van der Waals surface area contributed by atoms with Crippen LogP contribution in [0, 0.1) is 17.5 Å². The van der Waals surface area contributed by atoms with Crippen molar-refractivity contribution in [2.24, 2.45) is 0 Å². The molecule has 0 aliphatic heterocycles. The molecule has 0 aliphatic carbocycles. The summed E-state index contributed by atoms with van der Waals surface area (Å²) in [6.45, 7) is 0. The summed E-state index contributed by atoms with van der Waals surface area (Å²) >= 11 is 0.785. The molecule has 0 radical (unpaired) electrons. The average Bonchev–Trinajstić information content (AvgIpc) is 2.81. The second-order valence-electron chi connectivity index (χ2n) is 4.05. The number of nitrogens with zero attached hydrogens (tertiary/aromatic N) is 1. The molecule has 0 saturated carbocycles. The highest BCUT2D eigenvalue weighted by Crippen LogP contribution is 2.38. The Hall–Kier alpha value is -2.28. The van der Waals surface area contributed by atoms with E-state index in [1.807, 2.05) is 0 Å². The van der Waals surface area contributed by atoms with Crippen LogP contribution in [-0.2, 0) is 0 Å². The van der Waals surface area contributed by atoms with Crippen LogP contribution in [0.15, 0.2) is 24.3 Å². The topological polar surface area (TPSA) is 53.4 Å². The summed E-state index contributed by atoms with van der Waals surface area (Å²) in [5, 5.41) is 19.0. The number of rotatable bonds is 1. The summed E-state index contributed by atoms with van der Waals surface area (Å²) in [7, 11) is 0. The van der Waals surface area contributed by atoms with E-state index in [1.54, 1.807) is 0 Å². The SMILES string of the molecule is Oc1ccc(-c2nc3c(F)c(F)cc(F)c3s2)c(O)c1. The Morgan fingerprint density at radius 2 is 1.75 bits per heavy atom. The molecule has 20 heavy (non-hydrogen) atoms. The van der Waals surface area contributed by atoms with Crippen molar-refractivity contribution >= 4 is 21.6 Å². The first-order valence-corrected chi connectivity index (χ1v) is 6.25. The molecule has 1 heterocycles. The van der Waals surface area contributed by atoms with Gasteiger partial charge in [-0.15, -0.1) is 11.3 Å². The van der Waals surface area contributed by atoms with E-state index in [0.717, 1.165) is 17.4 Å². The van der Waals surface area contributed by atoms with Gasteiger partial charge in [0.25, 0.3) is 0 Å². The van der Waals surface area contributed by atoms with E-state index < -0.39 is 23.0 Å². The number of benzene rings is 2. The van der Waals surface area contributed by atoms with E-state index in [9.17, 15) is 23.4 Å². The maximum absolute atomic E-state index is 13.6. The van der Waals surface area contributed by atoms with Crippen molar-refractivity contribution in [1.82, 2.24) is 4.98 Å². The van der Waals surface area contributed by atoms with Crippen molar-refractivity contribution in [2.75, 3.05) is 0 Å². The predicted molar refractivity (Wildman–Crippen MR) is 68.3 cm³/mol. The zero-order chi connectivity index (χ0) is 14.4. The first-order chi connectivity index (χ1) is 9.47. The number of phenolic OH excluding ortho intramolecular Hbond substituents is 2. The number of aromatic hydroxyl groups is 2. The van der Waals surface area contributed by atoms with Crippen molar-refractivity contribution in [1.29, 1.82) is 0 Å². The van der Waals surface area contributed by atoms with Crippen LogP contribution in [0.5, 0.6) is 11.5 Å². The number of fused-ring (bicyclic) bond motifs is 1. The third-order valence-corrected chi connectivity index (χ3v) is 3.82. The number of aromatic nitrogens is 1. The normalized spacial score (nSPS) is 11.2. The molecule has 0 saturated heterocycles. The zero-order valence-corrected chi connectivity index (χ0v) is 10.5. The number of halogens is 3. The summed E-state index contributed by atoms with van der Waals surface area (Å²) in [6.07, 6.45) is 0. The van der Waals surface area contributed by atoms with Crippen molar-refractivity contribution in [3.8, 4) is 22.1 Å². The van der Waals surface area contributed by atoms with Crippen LogP contribution in [0.25, 0.3) is 20.8 Å². The molecular formula is C13H6F3NO2S. The molecule has 0 aliphatic rings. The zero-order valence-electron chi connectivity index (χ0n) is 9.69. The van der Waals surface area contributed by atoms with Crippen LogP contribution < -0.4 is 0 Å². The molecule has 0 bridgehead atoms. The lowest BCUT2D eigenvalue weighted by molar-refractivity contribution is 0.452. The molecule has 7 heteroatoms. The molecule has 0 atom stereocenters. The van der Waals surface area contributed by atoms with Gasteiger partial charge in [0, 0.05) is 12.1 Å². The minimum absolute atomic E-state index is 0.126. The molecule has 1 aromatic heterocycles. The largest absolute Gasteiger partial charge is 0.508 e. The summed E-state index contributed by atoms with van der Waals surface area (Å²) in [4.78, 5) is 3.82. The number of phenols is 2. The second-order valence-corrected chi connectivity index (χ2v) is 5.05. The lowest BCUT2D eigenvalue weighted by atomic mass is 10.2. The van der Waals surface area contributed by atoms with Gasteiger partial charge in [-0.2, -0.15) is 0 Å². The highest BCUT2D eigenvalue weighted by Gasteiger charge is 2.19. The van der Waals surface area contributed by atoms with Gasteiger partial charge in [-0.3, -0.25) is 0 Å². The maximum Gasteiger partial charge on any atom is 0.186 e. The first-order valence-electron chi connectivity index (χ1n) is 5.44. The third kappa shape index (κ3) is 1.87. The van der Waals surface area contributed by atoms with E-state index in [4.69, 9.17) is 0 Å². The van der Waals surface area contributed by atoms with Crippen LogP contribution in [0.1, 0.15) is 0 Å². The molecule has 0 fully saturated rings. The fourth-order valence-electron chi connectivity index (χ4n) is 1.80. The number of hydrogen-bond donors (Lipinski definition) is 2. The van der Waals surface area contributed by atoms with E-state index in [0.29, 0.717) is 6.07 Å². The molecule has 0 amide bonds. The molecular weight excluding hydrogens is 291 g/mol. The Morgan fingerprint density at radius 1 is 1.00 bits per heavy atom. The molecule has 3 nitrogen and oxygen atoms in total. The van der Waals surface area contributed by atoms with E-state index in [-0.39, 0.29) is 26.8 Å². The molecule has 102 valence electrons. The molecule has 0 spiro atoms. The Labute approximate surface area is 114 Å². The van der Waals surface area contributed by atoms with Gasteiger partial charge in [-0.1, -0.05) is 0 Å². The van der Waals surface area contributed by atoms with E-state index >= 15 is 0 Å². The van der Waals surface area contributed by atoms with Crippen molar-refractivity contribution in [3.63, 3.8) is 0 Å². The summed E-state index contributed by atoms with van der Waals surface area (Å²) in [5.74, 6) is -3.91. The quantitative estimate of drug-likeness (QED) is 0.672. The second kappa shape index (κ2) is 4.38. The van der Waals surface area contributed by atoms with Gasteiger partial charge in [0.1, 0.15) is 27.8 Å². The lowest BCUT2D eigenvalue weighted by Crippen LogP contribution is -1.88. The summed E-state index contributed by atoms with van der Waals surface area (Å²) in [5.41, 5.74) is -0.224. The fraction of sp³-hybridized carbons (Fsp3) is 0. The molecule has 2 aromatic carbocycles. The average molecular weight is 297 g/mol. The van der Waals surface area contributed by atoms with Gasteiger partial charge in [0.2, 0.25) is 0 Å². The number of hydrogen-bond acceptors (Lipinski definition) is 4. The van der Waals surface area contributed by atoms with Crippen molar-refractivity contribution in [2.45, 2.75) is 0 Å². The van der Waals surface area contributed by atoms with Gasteiger partial charge >= 0.3 is 0 Å². The van der Waals surface area contributed by atoms with Crippen LogP contribution >= 0.6 is 11.3 Å². The van der Waals surface area contributed by atoms with Crippen LogP contribution in [0.4, 0.5) is 13.2 Å². The van der Waals surface area contributed by atoms with Gasteiger partial charge in [0.05, 0.1) is 10.3 Å². The monoisotopic (exact) mass is 297 g/mol. The Kier molecular flexibility index (Phi) is 2.79. The minimum Gasteiger partial charge on any atom is -0.508 e. The van der Waals surface area contributed by atoms with E-state index in [2.05, 4.69) is 4.98 Å². The van der Waals surface area contributed by atoms with Crippen LogP contribution in [-0.4, -0.2) is 15.2 Å². The van der Waals surface area contributed by atoms with Gasteiger partial charge in [0.15, 0.2) is 11.6 Å². The van der Waals surface area contributed by atoms with Gasteiger partial charge in [-0.25, -0.2) is 18.2 Å². The van der Waals surface area contributed by atoms with Crippen LogP contribution in [0.3, 0.4) is 0 Å². The molecule has 0 unspecified atom stereocenters. The Bertz CT molecular complexity index is 832. The van der Waals surface area contributed by atoms with Gasteiger partial charge in [-0.05, 0) is 12.1 Å². The standard InChI is InChI=1S/C13H6F3NO2S/c14-7-4-8(15)12-11(10(7)16)17-13(20-12)6-2-1-5(18)3-9(6)19/h1-4,18-19H. The maximum atomic E-state index is 13.6. The fourth-order valence-corrected chi connectivity index (χ4v) is 2.80. The van der Waals surface area contributed by atoms with Crippen LogP contribution in [0.2, 0.25) is 0 Å². The van der Waals surface area contributed by atoms with E-state index in [1.165, 1.54) is 12.1 Å². The first kappa shape index (κ1) is 12.7. The molecule has 2 N–H and O–H groups in total. The highest BCUT2D eigenvalue weighted by atomic mass is 32.1. The molecule has 3 rings (SSSR count). The summed E-state index contributed by atoms with van der Waals surface area (Å²) < 4.78 is 40.1. The highest BCUT2D eigenvalue weighted by molar-refractivity contribution is 7.21. The van der Waals surface area contributed by atoms with Gasteiger partial charge < -0.3 is 10.2 Å². The lowest BCUT2D eigenvalue weighted by Gasteiger charge is -2.00. The number of thiazole rings is 1. The minimum atomic E-state index is -1.32. The van der Waals surface area contributed by atoms with Crippen molar-refractivity contribution in [3.05, 3.63) is 41.7 Å². The Morgan fingerprint density at radius 3 is 2.45 bits per heavy atom. The predicted octanol–water partition coefficient (Wildman–Crippen LogP) is 3.79. The van der Waals surface area contributed by atoms with Crippen molar-refractivity contribution < 1.29 is 23.4 Å². The third-order valence-electron chi connectivity index (χ3n) is 2.73. The Balaban J connectivity index is 2.28.